The molecule has 1 aromatic rings. The molecule has 1 atom stereocenters. The zero-order valence-corrected chi connectivity index (χ0v) is 11.0. The Morgan fingerprint density at radius 3 is 2.60 bits per heavy atom. The summed E-state index contributed by atoms with van der Waals surface area (Å²) in [4.78, 5) is 22.3. The average molecular weight is 279 g/mol. The van der Waals surface area contributed by atoms with Crippen molar-refractivity contribution in [3.05, 3.63) is 35.9 Å². The molecule has 2 N–H and O–H groups in total. The first-order valence-corrected chi connectivity index (χ1v) is 6.48. The number of carbonyl (C=O) groups is 2. The first-order chi connectivity index (χ1) is 9.63. The van der Waals surface area contributed by atoms with E-state index >= 15 is 0 Å². The maximum absolute atomic E-state index is 11.6. The first-order valence-electron chi connectivity index (χ1n) is 6.48. The van der Waals surface area contributed by atoms with Crippen molar-refractivity contribution in [1.29, 1.82) is 0 Å². The largest absolute Gasteiger partial charge is 0.481 e. The van der Waals surface area contributed by atoms with Gasteiger partial charge in [0.05, 0.1) is 12.5 Å². The number of hydrogen-bond donors (Lipinski definition) is 2. The summed E-state index contributed by atoms with van der Waals surface area (Å²) >= 11 is 0. The van der Waals surface area contributed by atoms with E-state index < -0.39 is 18.3 Å². The molecule has 0 bridgehead atoms. The van der Waals surface area contributed by atoms with Crippen LogP contribution in [0.2, 0.25) is 0 Å². The molecule has 1 saturated carbocycles. The monoisotopic (exact) mass is 279 g/mol. The molecule has 6 nitrogen and oxygen atoms in total. The molecule has 0 aliphatic heterocycles. The number of benzene rings is 1. The number of aliphatic carboxylic acids is 1. The fourth-order valence-electron chi connectivity index (χ4n) is 1.62. The van der Waals surface area contributed by atoms with Crippen molar-refractivity contribution in [3.63, 3.8) is 0 Å². The third-order valence-corrected chi connectivity index (χ3v) is 2.73. The van der Waals surface area contributed by atoms with Crippen LogP contribution in [0.1, 0.15) is 24.8 Å². The second-order valence-electron chi connectivity index (χ2n) is 4.63. The van der Waals surface area contributed by atoms with Gasteiger partial charge in [0.1, 0.15) is 12.8 Å². The van der Waals surface area contributed by atoms with Crippen LogP contribution in [0.5, 0.6) is 0 Å². The second kappa shape index (κ2) is 6.91. The number of rotatable bonds is 7. The van der Waals surface area contributed by atoms with E-state index in [1.165, 1.54) is 0 Å². The molecule has 0 heterocycles. The van der Waals surface area contributed by atoms with E-state index in [9.17, 15) is 9.59 Å². The highest BCUT2D eigenvalue weighted by Gasteiger charge is 2.28. The van der Waals surface area contributed by atoms with Gasteiger partial charge in [-0.2, -0.15) is 0 Å². The number of alkyl carbamates (subject to hydrolysis) is 1. The lowest BCUT2D eigenvalue weighted by Crippen LogP contribution is -2.39. The Morgan fingerprint density at radius 1 is 1.30 bits per heavy atom. The summed E-state index contributed by atoms with van der Waals surface area (Å²) < 4.78 is 10.4. The molecule has 0 saturated heterocycles. The fourth-order valence-corrected chi connectivity index (χ4v) is 1.62. The van der Waals surface area contributed by atoms with Crippen molar-refractivity contribution in [3.8, 4) is 0 Å². The average Bonchev–Trinajstić information content (AvgIpc) is 3.21. The molecule has 1 fully saturated rings. The molecule has 6 heteroatoms. The maximum Gasteiger partial charge on any atom is 0.409 e. The predicted molar refractivity (Wildman–Crippen MR) is 69.9 cm³/mol. The zero-order valence-electron chi connectivity index (χ0n) is 11.0. The van der Waals surface area contributed by atoms with Crippen LogP contribution >= 0.6 is 0 Å². The summed E-state index contributed by atoms with van der Waals surface area (Å²) in [5, 5.41) is 11.2. The standard InChI is InChI=1S/C14H17NO5/c16-13(17)8-12(20-11-6-7-11)15-14(18)19-9-10-4-2-1-3-5-10/h1-5,11-12H,6-9H2,(H,15,18)(H,16,17). The molecule has 1 aliphatic carbocycles. The number of amides is 1. The van der Waals surface area contributed by atoms with Crippen LogP contribution in [0.3, 0.4) is 0 Å². The molecule has 1 aromatic carbocycles. The molecule has 2 rings (SSSR count). The van der Waals surface area contributed by atoms with Gasteiger partial charge < -0.3 is 14.6 Å². The van der Waals surface area contributed by atoms with Crippen LogP contribution < -0.4 is 5.32 Å². The molecule has 0 spiro atoms. The Hall–Kier alpha value is -2.08. The van der Waals surface area contributed by atoms with Crippen molar-refractivity contribution in [2.75, 3.05) is 0 Å². The Labute approximate surface area is 116 Å². The minimum Gasteiger partial charge on any atom is -0.481 e. The summed E-state index contributed by atoms with van der Waals surface area (Å²) in [6.45, 7) is 0.135. The summed E-state index contributed by atoms with van der Waals surface area (Å²) in [6, 6.07) is 9.24. The Kier molecular flexibility index (Phi) is 4.95. The quantitative estimate of drug-likeness (QED) is 0.744. The fraction of sp³-hybridized carbons (Fsp3) is 0.429. The summed E-state index contributed by atoms with van der Waals surface area (Å²) in [6.07, 6.45) is 0.0443. The number of hydrogen-bond acceptors (Lipinski definition) is 4. The lowest BCUT2D eigenvalue weighted by atomic mass is 10.2. The maximum atomic E-state index is 11.6. The number of nitrogens with one attached hydrogen (secondary N) is 1. The third kappa shape index (κ3) is 5.27. The Bertz CT molecular complexity index is 458. The SMILES string of the molecule is O=C(O)CC(NC(=O)OCc1ccccc1)OC1CC1. The lowest BCUT2D eigenvalue weighted by Gasteiger charge is -2.17. The van der Waals surface area contributed by atoms with Crippen molar-refractivity contribution in [2.24, 2.45) is 0 Å². The van der Waals surface area contributed by atoms with Gasteiger partial charge in [-0.1, -0.05) is 30.3 Å². The molecule has 20 heavy (non-hydrogen) atoms. The molecule has 108 valence electrons. The van der Waals surface area contributed by atoms with E-state index in [1.54, 1.807) is 0 Å². The minimum atomic E-state index is -1.03. The summed E-state index contributed by atoms with van der Waals surface area (Å²) in [7, 11) is 0. The van der Waals surface area contributed by atoms with Gasteiger partial charge in [-0.15, -0.1) is 0 Å². The highest BCUT2D eigenvalue weighted by molar-refractivity contribution is 5.70. The molecule has 1 unspecified atom stereocenters. The van der Waals surface area contributed by atoms with Gasteiger partial charge in [-0.05, 0) is 18.4 Å². The van der Waals surface area contributed by atoms with E-state index in [0.717, 1.165) is 18.4 Å². The molecule has 1 amide bonds. The predicted octanol–water partition coefficient (Wildman–Crippen LogP) is 1.89. The highest BCUT2D eigenvalue weighted by Crippen LogP contribution is 2.25. The Balaban J connectivity index is 1.76. The normalized spacial score (nSPS) is 15.4. The molecular weight excluding hydrogens is 262 g/mol. The molecule has 1 aliphatic rings. The van der Waals surface area contributed by atoms with Gasteiger partial charge >= 0.3 is 12.1 Å². The van der Waals surface area contributed by atoms with E-state index in [1.807, 2.05) is 30.3 Å². The van der Waals surface area contributed by atoms with Crippen molar-refractivity contribution >= 4 is 12.1 Å². The Morgan fingerprint density at radius 2 is 2.00 bits per heavy atom. The van der Waals surface area contributed by atoms with Crippen molar-refractivity contribution in [2.45, 2.75) is 38.2 Å². The van der Waals surface area contributed by atoms with Gasteiger partial charge in [-0.25, -0.2) is 4.79 Å². The number of ether oxygens (including phenoxy) is 2. The van der Waals surface area contributed by atoms with E-state index in [2.05, 4.69) is 5.32 Å². The van der Waals surface area contributed by atoms with Gasteiger partial charge in [0.2, 0.25) is 0 Å². The smallest absolute Gasteiger partial charge is 0.409 e. The lowest BCUT2D eigenvalue weighted by molar-refractivity contribution is -0.141. The van der Waals surface area contributed by atoms with Crippen LogP contribution in [0, 0.1) is 0 Å². The van der Waals surface area contributed by atoms with Gasteiger partial charge in [0.25, 0.3) is 0 Å². The summed E-state index contributed by atoms with van der Waals surface area (Å²) in [5.41, 5.74) is 0.862. The summed E-state index contributed by atoms with van der Waals surface area (Å²) in [5.74, 6) is -1.03. The first kappa shape index (κ1) is 14.3. The van der Waals surface area contributed by atoms with Crippen LogP contribution in [-0.2, 0) is 20.9 Å². The van der Waals surface area contributed by atoms with Crippen LogP contribution in [0.15, 0.2) is 30.3 Å². The van der Waals surface area contributed by atoms with Crippen LogP contribution in [-0.4, -0.2) is 29.5 Å². The number of carboxylic acid groups (broad SMARTS) is 1. The van der Waals surface area contributed by atoms with Crippen LogP contribution in [0.4, 0.5) is 4.79 Å². The van der Waals surface area contributed by atoms with Gasteiger partial charge in [-0.3, -0.25) is 10.1 Å². The number of carbonyl (C=O) groups excluding carboxylic acids is 1. The van der Waals surface area contributed by atoms with E-state index in [0.29, 0.717) is 0 Å². The van der Waals surface area contributed by atoms with E-state index in [4.69, 9.17) is 14.6 Å². The zero-order chi connectivity index (χ0) is 14.4. The van der Waals surface area contributed by atoms with Crippen LogP contribution in [0.25, 0.3) is 0 Å². The second-order valence-corrected chi connectivity index (χ2v) is 4.63. The molecule has 0 aromatic heterocycles. The van der Waals surface area contributed by atoms with Gasteiger partial charge in [0, 0.05) is 0 Å². The van der Waals surface area contributed by atoms with Crippen molar-refractivity contribution in [1.82, 2.24) is 5.32 Å². The highest BCUT2D eigenvalue weighted by atomic mass is 16.6. The minimum absolute atomic E-state index is 0.0498. The third-order valence-electron chi connectivity index (χ3n) is 2.73. The van der Waals surface area contributed by atoms with Gasteiger partial charge in [0.15, 0.2) is 0 Å². The topological polar surface area (TPSA) is 84.9 Å². The molecular formula is C14H17NO5. The van der Waals surface area contributed by atoms with Crippen molar-refractivity contribution < 1.29 is 24.2 Å². The van der Waals surface area contributed by atoms with E-state index in [-0.39, 0.29) is 19.1 Å². The molecule has 0 radical (unpaired) electrons. The number of carboxylic acids is 1.